The third-order valence-electron chi connectivity index (χ3n) is 5.30. The fraction of sp³-hybridized carbons (Fsp3) is 0.625. The Kier molecular flexibility index (Phi) is 10.1. The minimum absolute atomic E-state index is 0.0392. The van der Waals surface area contributed by atoms with Gasteiger partial charge < -0.3 is 14.2 Å². The first kappa shape index (κ1) is 26.8. The highest BCUT2D eigenvalue weighted by Crippen LogP contribution is 2.31. The number of ether oxygens (including phenoxy) is 3. The lowest BCUT2D eigenvalue weighted by molar-refractivity contribution is -0.175. The van der Waals surface area contributed by atoms with Gasteiger partial charge in [0.25, 0.3) is 5.91 Å². The summed E-state index contributed by atoms with van der Waals surface area (Å²) in [6.45, 7) is 10.2. The first-order valence-corrected chi connectivity index (χ1v) is 12.3. The third kappa shape index (κ3) is 7.27. The van der Waals surface area contributed by atoms with Crippen LogP contribution in [0.25, 0.3) is 0 Å². The van der Waals surface area contributed by atoms with Crippen molar-refractivity contribution in [3.8, 4) is 0 Å². The number of esters is 1. The highest BCUT2D eigenvalue weighted by Gasteiger charge is 2.44. The number of methoxy groups -OCH3 is 1. The van der Waals surface area contributed by atoms with Crippen molar-refractivity contribution in [3.63, 3.8) is 0 Å². The molecule has 1 aromatic carbocycles. The molecular weight excluding hydrogens is 446 g/mol. The second kappa shape index (κ2) is 12.1. The summed E-state index contributed by atoms with van der Waals surface area (Å²) in [5, 5.41) is 0. The molecular formula is C24H35NO5S2. The van der Waals surface area contributed by atoms with Gasteiger partial charge in [-0.2, -0.15) is 0 Å². The average molecular weight is 482 g/mol. The molecule has 0 N–H and O–H groups in total. The van der Waals surface area contributed by atoms with Gasteiger partial charge >= 0.3 is 5.97 Å². The number of hydrogen-bond acceptors (Lipinski definition) is 7. The van der Waals surface area contributed by atoms with Gasteiger partial charge in [0.2, 0.25) is 6.10 Å². The lowest BCUT2D eigenvalue weighted by Crippen LogP contribution is -2.53. The van der Waals surface area contributed by atoms with Crippen LogP contribution in [0.15, 0.2) is 30.3 Å². The maximum atomic E-state index is 13.6. The number of thiocarbonyl (C=S) groups is 1. The smallest absolute Gasteiger partial charge is 0.312 e. The molecule has 0 spiro atoms. The second-order valence-corrected chi connectivity index (χ2v) is 10.9. The molecule has 1 aromatic rings. The molecule has 178 valence electrons. The summed E-state index contributed by atoms with van der Waals surface area (Å²) in [6.07, 6.45) is -1.34. The van der Waals surface area contributed by atoms with E-state index in [1.54, 1.807) is 25.7 Å². The number of hydrogen-bond donors (Lipinski definition) is 0. The Morgan fingerprint density at radius 1 is 1.22 bits per heavy atom. The number of amides is 1. The summed E-state index contributed by atoms with van der Waals surface area (Å²) >= 11 is 6.95. The molecule has 6 nitrogen and oxygen atoms in total. The fourth-order valence-corrected chi connectivity index (χ4v) is 4.89. The van der Waals surface area contributed by atoms with E-state index in [0.29, 0.717) is 24.0 Å². The van der Waals surface area contributed by atoms with Crippen molar-refractivity contribution in [3.05, 3.63) is 35.9 Å². The summed E-state index contributed by atoms with van der Waals surface area (Å²) in [5.74, 6) is 0.175. The van der Waals surface area contributed by atoms with Crippen LogP contribution in [0.2, 0.25) is 0 Å². The van der Waals surface area contributed by atoms with Crippen LogP contribution in [0, 0.1) is 11.3 Å². The zero-order chi connectivity index (χ0) is 23.9. The molecule has 1 aliphatic heterocycles. The fourth-order valence-electron chi connectivity index (χ4n) is 3.25. The highest BCUT2D eigenvalue weighted by atomic mass is 32.2. The van der Waals surface area contributed by atoms with Crippen LogP contribution in [-0.2, 0) is 30.4 Å². The molecule has 0 aromatic heterocycles. The standard InChI is InChI=1S/C24H35NO5S2/c1-16(2)18-15-32-23(31)25(18)21(26)20(30-22(27)24(3,4)5)19(28-6)12-13-29-14-17-10-8-7-9-11-17/h7-11,16,18-20H,12-15H2,1-6H3/t18-,19-,20-/m1/s1. The van der Waals surface area contributed by atoms with Crippen molar-refractivity contribution in [2.75, 3.05) is 19.5 Å². The molecule has 0 aliphatic carbocycles. The molecule has 0 saturated carbocycles. The Morgan fingerprint density at radius 2 is 1.88 bits per heavy atom. The SMILES string of the molecule is CO[C@H](CCOCc1ccccc1)[C@@H](OC(=O)C(C)(C)C)C(=O)N1C(=S)SC[C@@H]1C(C)C. The lowest BCUT2D eigenvalue weighted by Gasteiger charge is -2.33. The maximum absolute atomic E-state index is 13.6. The Hall–Kier alpha value is -1.48. The largest absolute Gasteiger partial charge is 0.449 e. The zero-order valence-corrected chi connectivity index (χ0v) is 21.5. The van der Waals surface area contributed by atoms with Crippen molar-refractivity contribution in [2.24, 2.45) is 11.3 Å². The van der Waals surface area contributed by atoms with Gasteiger partial charge in [-0.25, -0.2) is 0 Å². The third-order valence-corrected chi connectivity index (χ3v) is 6.80. The number of thioether (sulfide) groups is 1. The van der Waals surface area contributed by atoms with Crippen molar-refractivity contribution < 1.29 is 23.8 Å². The van der Waals surface area contributed by atoms with E-state index < -0.39 is 23.6 Å². The van der Waals surface area contributed by atoms with Gasteiger partial charge in [-0.3, -0.25) is 14.5 Å². The molecule has 1 amide bonds. The van der Waals surface area contributed by atoms with E-state index >= 15 is 0 Å². The molecule has 1 saturated heterocycles. The van der Waals surface area contributed by atoms with Gasteiger partial charge in [-0.1, -0.05) is 68.2 Å². The molecule has 1 aliphatic rings. The number of rotatable bonds is 10. The minimum atomic E-state index is -1.09. The summed E-state index contributed by atoms with van der Waals surface area (Å²) in [7, 11) is 1.52. The topological polar surface area (TPSA) is 65.1 Å². The normalized spacial score (nSPS) is 18.7. The first-order chi connectivity index (χ1) is 15.1. The Bertz CT molecular complexity index is 778. The molecule has 0 radical (unpaired) electrons. The van der Waals surface area contributed by atoms with Crippen molar-refractivity contribution in [1.82, 2.24) is 4.90 Å². The lowest BCUT2D eigenvalue weighted by atomic mass is 9.97. The van der Waals surface area contributed by atoms with Crippen LogP contribution in [0.3, 0.4) is 0 Å². The van der Waals surface area contributed by atoms with Crippen LogP contribution in [0.5, 0.6) is 0 Å². The van der Waals surface area contributed by atoms with E-state index in [1.807, 2.05) is 30.3 Å². The van der Waals surface area contributed by atoms with Crippen LogP contribution >= 0.6 is 24.0 Å². The summed E-state index contributed by atoms with van der Waals surface area (Å²) in [6, 6.07) is 9.81. The van der Waals surface area contributed by atoms with E-state index in [9.17, 15) is 9.59 Å². The van der Waals surface area contributed by atoms with Crippen molar-refractivity contribution in [2.45, 2.75) is 65.9 Å². The van der Waals surface area contributed by atoms with Crippen LogP contribution in [0.1, 0.15) is 46.6 Å². The Labute approximate surface area is 201 Å². The van der Waals surface area contributed by atoms with Gasteiger partial charge in [0.1, 0.15) is 10.4 Å². The zero-order valence-electron chi connectivity index (χ0n) is 19.8. The van der Waals surface area contributed by atoms with Gasteiger partial charge in [0.05, 0.1) is 18.1 Å². The molecule has 1 heterocycles. The molecule has 0 bridgehead atoms. The van der Waals surface area contributed by atoms with Gasteiger partial charge in [0.15, 0.2) is 0 Å². The van der Waals surface area contributed by atoms with Crippen LogP contribution in [0.4, 0.5) is 0 Å². The molecule has 3 atom stereocenters. The number of carbonyl (C=O) groups is 2. The number of carbonyl (C=O) groups excluding carboxylic acids is 2. The predicted molar refractivity (Wildman–Crippen MR) is 131 cm³/mol. The molecule has 0 unspecified atom stereocenters. The summed E-state index contributed by atoms with van der Waals surface area (Å²) in [5.41, 5.74) is 0.311. The average Bonchev–Trinajstić information content (AvgIpc) is 3.13. The highest BCUT2D eigenvalue weighted by molar-refractivity contribution is 8.23. The van der Waals surface area contributed by atoms with E-state index in [4.69, 9.17) is 26.4 Å². The molecule has 2 rings (SSSR count). The Morgan fingerprint density at radius 3 is 2.44 bits per heavy atom. The van der Waals surface area contributed by atoms with Crippen LogP contribution < -0.4 is 0 Å². The van der Waals surface area contributed by atoms with Gasteiger partial charge in [-0.05, 0) is 32.3 Å². The van der Waals surface area contributed by atoms with Gasteiger partial charge in [-0.15, -0.1) is 0 Å². The van der Waals surface area contributed by atoms with E-state index in [1.165, 1.54) is 18.9 Å². The molecule has 8 heteroatoms. The van der Waals surface area contributed by atoms with Crippen LogP contribution in [-0.4, -0.2) is 58.8 Å². The number of nitrogens with zero attached hydrogens (tertiary/aromatic N) is 1. The minimum Gasteiger partial charge on any atom is -0.449 e. The monoisotopic (exact) mass is 481 g/mol. The van der Waals surface area contributed by atoms with E-state index in [0.717, 1.165) is 11.3 Å². The van der Waals surface area contributed by atoms with Crippen molar-refractivity contribution >= 4 is 40.2 Å². The molecule has 32 heavy (non-hydrogen) atoms. The summed E-state index contributed by atoms with van der Waals surface area (Å²) in [4.78, 5) is 27.9. The van der Waals surface area contributed by atoms with Crippen molar-refractivity contribution in [1.29, 1.82) is 0 Å². The second-order valence-electron chi connectivity index (χ2n) is 9.27. The predicted octanol–water partition coefficient (Wildman–Crippen LogP) is 4.45. The summed E-state index contributed by atoms with van der Waals surface area (Å²) < 4.78 is 17.7. The van der Waals surface area contributed by atoms with Gasteiger partial charge in [0, 0.05) is 25.9 Å². The molecule has 1 fully saturated rings. The quantitative estimate of drug-likeness (QED) is 0.278. The Balaban J connectivity index is 2.15. The first-order valence-electron chi connectivity index (χ1n) is 10.9. The maximum Gasteiger partial charge on any atom is 0.312 e. The van der Waals surface area contributed by atoms with E-state index in [-0.39, 0.29) is 17.9 Å². The number of benzene rings is 1. The van der Waals surface area contributed by atoms with E-state index in [2.05, 4.69) is 13.8 Å².